The minimum absolute atomic E-state index is 0.106. The van der Waals surface area contributed by atoms with Gasteiger partial charge in [0.05, 0.1) is 12.3 Å². The summed E-state index contributed by atoms with van der Waals surface area (Å²) in [6.07, 6.45) is 7.03. The lowest BCUT2D eigenvalue weighted by atomic mass is 9.94. The lowest BCUT2D eigenvalue weighted by Gasteiger charge is -2.31. The zero-order valence-electron chi connectivity index (χ0n) is 14.4. The van der Waals surface area contributed by atoms with Gasteiger partial charge in [-0.05, 0) is 31.9 Å². The van der Waals surface area contributed by atoms with Crippen LogP contribution in [0.15, 0.2) is 36.0 Å². The van der Waals surface area contributed by atoms with Gasteiger partial charge in [0, 0.05) is 19.3 Å². The first kappa shape index (κ1) is 17.9. The second-order valence-corrected chi connectivity index (χ2v) is 5.95. The summed E-state index contributed by atoms with van der Waals surface area (Å²) in [4.78, 5) is 14.3. The number of nitrogens with zero attached hydrogens (tertiary/aromatic N) is 2. The van der Waals surface area contributed by atoms with Crippen LogP contribution < -0.4 is 10.1 Å². The van der Waals surface area contributed by atoms with E-state index in [1.165, 1.54) is 12.6 Å². The van der Waals surface area contributed by atoms with Crippen molar-refractivity contribution in [2.45, 2.75) is 45.1 Å². The van der Waals surface area contributed by atoms with Crippen LogP contribution in [0.4, 0.5) is 5.69 Å². The average Bonchev–Trinajstić information content (AvgIpc) is 2.63. The Labute approximate surface area is 143 Å². The molecule has 0 unspecified atom stereocenters. The van der Waals surface area contributed by atoms with Crippen molar-refractivity contribution in [3.05, 3.63) is 36.0 Å². The molecule has 1 N–H and O–H groups in total. The lowest BCUT2D eigenvalue weighted by Crippen LogP contribution is -2.39. The molecule has 0 aromatic heterocycles. The number of amides is 1. The molecular weight excluding hydrogens is 302 g/mol. The normalized spacial score (nSPS) is 15.5. The van der Waals surface area contributed by atoms with Crippen LogP contribution in [-0.4, -0.2) is 30.5 Å². The summed E-state index contributed by atoms with van der Waals surface area (Å²) in [5.74, 6) is 0.465. The number of rotatable bonds is 6. The smallest absolute Gasteiger partial charge is 0.266 e. The SMILES string of the molecule is CCOc1ccccc1N/C=C(/C#N)C(=O)N(C)C1CCCCC1. The molecule has 1 aromatic carbocycles. The zero-order chi connectivity index (χ0) is 17.4. The summed E-state index contributed by atoms with van der Waals surface area (Å²) in [7, 11) is 1.79. The number of anilines is 1. The molecule has 5 heteroatoms. The Bertz CT molecular complexity index is 628. The number of nitrogens with one attached hydrogen (secondary N) is 1. The molecule has 24 heavy (non-hydrogen) atoms. The van der Waals surface area contributed by atoms with Crippen molar-refractivity contribution in [2.24, 2.45) is 0 Å². The second kappa shape index (κ2) is 8.97. The Morgan fingerprint density at radius 1 is 1.38 bits per heavy atom. The van der Waals surface area contributed by atoms with Crippen LogP contribution >= 0.6 is 0 Å². The fraction of sp³-hybridized carbons (Fsp3) is 0.474. The largest absolute Gasteiger partial charge is 0.492 e. The summed E-state index contributed by atoms with van der Waals surface area (Å²) in [5.41, 5.74) is 0.842. The molecule has 0 heterocycles. The van der Waals surface area contributed by atoms with Gasteiger partial charge in [0.25, 0.3) is 5.91 Å². The molecule has 0 saturated heterocycles. The topological polar surface area (TPSA) is 65.4 Å². The highest BCUT2D eigenvalue weighted by atomic mass is 16.5. The van der Waals surface area contributed by atoms with Crippen LogP contribution in [0.3, 0.4) is 0 Å². The van der Waals surface area contributed by atoms with Crippen LogP contribution in [0.5, 0.6) is 5.75 Å². The number of hydrogen-bond acceptors (Lipinski definition) is 4. The molecule has 1 aliphatic rings. The molecule has 0 atom stereocenters. The molecule has 0 aliphatic heterocycles. The Morgan fingerprint density at radius 2 is 2.08 bits per heavy atom. The summed E-state index contributed by atoms with van der Waals surface area (Å²) in [6, 6.07) is 9.70. The summed E-state index contributed by atoms with van der Waals surface area (Å²) in [6.45, 7) is 2.47. The standard InChI is InChI=1S/C19H25N3O2/c1-3-24-18-12-8-7-11-17(18)21-14-15(13-20)19(23)22(2)16-9-5-4-6-10-16/h7-8,11-12,14,16,21H,3-6,9-10H2,1-2H3/b15-14-. The average molecular weight is 327 g/mol. The van der Waals surface area contributed by atoms with Gasteiger partial charge in [-0.1, -0.05) is 31.4 Å². The number of hydrogen-bond donors (Lipinski definition) is 1. The molecule has 5 nitrogen and oxygen atoms in total. The van der Waals surface area contributed by atoms with Gasteiger partial charge in [-0.2, -0.15) is 5.26 Å². The number of carbonyl (C=O) groups excluding carboxylic acids is 1. The van der Waals surface area contributed by atoms with E-state index in [2.05, 4.69) is 5.32 Å². The minimum atomic E-state index is -0.231. The first-order valence-corrected chi connectivity index (χ1v) is 8.53. The van der Waals surface area contributed by atoms with E-state index in [1.807, 2.05) is 37.3 Å². The quantitative estimate of drug-likeness (QED) is 0.639. The molecule has 1 saturated carbocycles. The van der Waals surface area contributed by atoms with Gasteiger partial charge in [0.2, 0.25) is 0 Å². The Hall–Kier alpha value is -2.48. The van der Waals surface area contributed by atoms with Crippen LogP contribution in [-0.2, 0) is 4.79 Å². The Morgan fingerprint density at radius 3 is 2.75 bits per heavy atom. The maximum absolute atomic E-state index is 12.6. The van der Waals surface area contributed by atoms with E-state index in [1.54, 1.807) is 11.9 Å². The van der Waals surface area contributed by atoms with Crippen molar-refractivity contribution in [1.29, 1.82) is 5.26 Å². The zero-order valence-corrected chi connectivity index (χ0v) is 14.4. The van der Waals surface area contributed by atoms with Gasteiger partial charge in [0.1, 0.15) is 17.4 Å². The second-order valence-electron chi connectivity index (χ2n) is 5.95. The van der Waals surface area contributed by atoms with Crippen molar-refractivity contribution in [2.75, 3.05) is 19.0 Å². The predicted molar refractivity (Wildman–Crippen MR) is 94.6 cm³/mol. The first-order chi connectivity index (χ1) is 11.7. The van der Waals surface area contributed by atoms with Gasteiger partial charge < -0.3 is 15.0 Å². The molecule has 128 valence electrons. The molecule has 1 aromatic rings. The minimum Gasteiger partial charge on any atom is -0.492 e. The van der Waals surface area contributed by atoms with E-state index in [9.17, 15) is 10.1 Å². The van der Waals surface area contributed by atoms with E-state index in [-0.39, 0.29) is 17.5 Å². The van der Waals surface area contributed by atoms with E-state index in [0.717, 1.165) is 31.4 Å². The number of benzene rings is 1. The maximum Gasteiger partial charge on any atom is 0.266 e. The summed E-state index contributed by atoms with van der Waals surface area (Å²) >= 11 is 0. The van der Waals surface area contributed by atoms with Crippen molar-refractivity contribution in [3.8, 4) is 11.8 Å². The third-order valence-electron chi connectivity index (χ3n) is 4.35. The Balaban J connectivity index is 2.08. The molecule has 0 bridgehead atoms. The lowest BCUT2D eigenvalue weighted by molar-refractivity contribution is -0.128. The molecule has 1 aliphatic carbocycles. The van der Waals surface area contributed by atoms with E-state index in [4.69, 9.17) is 4.74 Å². The van der Waals surface area contributed by atoms with Gasteiger partial charge in [-0.15, -0.1) is 0 Å². The van der Waals surface area contributed by atoms with Crippen molar-refractivity contribution >= 4 is 11.6 Å². The van der Waals surface area contributed by atoms with E-state index in [0.29, 0.717) is 12.4 Å². The van der Waals surface area contributed by atoms with Crippen molar-refractivity contribution in [3.63, 3.8) is 0 Å². The van der Waals surface area contributed by atoms with E-state index >= 15 is 0 Å². The summed E-state index contributed by atoms with van der Waals surface area (Å²) < 4.78 is 5.54. The molecule has 0 spiro atoms. The predicted octanol–water partition coefficient (Wildman–Crippen LogP) is 3.70. The molecule has 2 rings (SSSR count). The van der Waals surface area contributed by atoms with Crippen LogP contribution in [0.25, 0.3) is 0 Å². The van der Waals surface area contributed by atoms with Crippen LogP contribution in [0.2, 0.25) is 0 Å². The Kier molecular flexibility index (Phi) is 6.68. The number of ether oxygens (including phenoxy) is 1. The van der Waals surface area contributed by atoms with Gasteiger partial charge in [0.15, 0.2) is 0 Å². The van der Waals surface area contributed by atoms with Gasteiger partial charge in [-0.3, -0.25) is 4.79 Å². The number of likely N-dealkylation sites (N-methyl/N-ethyl adjacent to an activating group) is 1. The molecule has 0 radical (unpaired) electrons. The monoisotopic (exact) mass is 327 g/mol. The number of carbonyl (C=O) groups is 1. The highest BCUT2D eigenvalue weighted by Crippen LogP contribution is 2.25. The number of para-hydroxylation sites is 2. The highest BCUT2D eigenvalue weighted by Gasteiger charge is 2.24. The van der Waals surface area contributed by atoms with Crippen molar-refractivity contribution in [1.82, 2.24) is 4.90 Å². The van der Waals surface area contributed by atoms with Crippen LogP contribution in [0.1, 0.15) is 39.0 Å². The van der Waals surface area contributed by atoms with E-state index < -0.39 is 0 Å². The third-order valence-corrected chi connectivity index (χ3v) is 4.35. The number of nitriles is 1. The van der Waals surface area contributed by atoms with Crippen LogP contribution in [0, 0.1) is 11.3 Å². The molecule has 1 amide bonds. The molecular formula is C19H25N3O2. The van der Waals surface area contributed by atoms with Gasteiger partial charge in [-0.25, -0.2) is 0 Å². The highest BCUT2D eigenvalue weighted by molar-refractivity contribution is 5.97. The molecule has 1 fully saturated rings. The van der Waals surface area contributed by atoms with Gasteiger partial charge >= 0.3 is 0 Å². The third kappa shape index (κ3) is 4.51. The maximum atomic E-state index is 12.6. The van der Waals surface area contributed by atoms with Crippen molar-refractivity contribution < 1.29 is 9.53 Å². The first-order valence-electron chi connectivity index (χ1n) is 8.53. The fourth-order valence-corrected chi connectivity index (χ4v) is 2.98. The summed E-state index contributed by atoms with van der Waals surface area (Å²) in [5, 5.41) is 12.4. The fourth-order valence-electron chi connectivity index (χ4n) is 2.98.